The van der Waals surface area contributed by atoms with Crippen LogP contribution in [0.4, 0.5) is 5.69 Å². The lowest BCUT2D eigenvalue weighted by atomic mass is 10.0. The van der Waals surface area contributed by atoms with Crippen molar-refractivity contribution in [1.29, 1.82) is 0 Å². The number of methoxy groups -OCH3 is 1. The molecule has 1 aromatic carbocycles. The van der Waals surface area contributed by atoms with E-state index in [1.807, 2.05) is 12.4 Å². The van der Waals surface area contributed by atoms with Crippen LogP contribution in [0.5, 0.6) is 5.75 Å². The molecule has 0 spiro atoms. The van der Waals surface area contributed by atoms with E-state index in [9.17, 15) is 9.59 Å². The maximum Gasteiger partial charge on any atom is 0.257 e. The first kappa shape index (κ1) is 24.6. The Kier molecular flexibility index (Phi) is 8.35. The van der Waals surface area contributed by atoms with E-state index in [0.717, 1.165) is 12.1 Å². The highest BCUT2D eigenvalue weighted by molar-refractivity contribution is 5.99. The number of carbonyl (C=O) groups is 2. The zero-order valence-electron chi connectivity index (χ0n) is 19.9. The van der Waals surface area contributed by atoms with Gasteiger partial charge in [0.15, 0.2) is 0 Å². The summed E-state index contributed by atoms with van der Waals surface area (Å²) in [5.41, 5.74) is 1.97. The van der Waals surface area contributed by atoms with Gasteiger partial charge < -0.3 is 19.7 Å². The molecule has 2 heterocycles. The van der Waals surface area contributed by atoms with Gasteiger partial charge in [0.05, 0.1) is 11.7 Å². The molecule has 33 heavy (non-hydrogen) atoms. The summed E-state index contributed by atoms with van der Waals surface area (Å²) >= 11 is 0. The van der Waals surface area contributed by atoms with E-state index in [1.165, 1.54) is 13.3 Å². The van der Waals surface area contributed by atoms with E-state index < -0.39 is 0 Å². The Hall–Kier alpha value is -3.04. The molecule has 0 saturated carbocycles. The van der Waals surface area contributed by atoms with Crippen LogP contribution in [0, 0.1) is 5.92 Å². The molecule has 0 radical (unpaired) electrons. The van der Waals surface area contributed by atoms with Crippen LogP contribution in [0.15, 0.2) is 36.9 Å². The second-order valence-electron chi connectivity index (χ2n) is 8.67. The first-order chi connectivity index (χ1) is 15.8. The van der Waals surface area contributed by atoms with Gasteiger partial charge in [-0.05, 0) is 31.0 Å². The van der Waals surface area contributed by atoms with Gasteiger partial charge in [0.1, 0.15) is 18.7 Å². The summed E-state index contributed by atoms with van der Waals surface area (Å²) < 4.78 is 11.9. The Labute approximate surface area is 195 Å². The van der Waals surface area contributed by atoms with Gasteiger partial charge in [-0.1, -0.05) is 6.92 Å². The molecule has 0 saturated heterocycles. The average Bonchev–Trinajstić information content (AvgIpc) is 2.80. The molecule has 9 heteroatoms. The van der Waals surface area contributed by atoms with Gasteiger partial charge in [-0.3, -0.25) is 14.5 Å². The van der Waals surface area contributed by atoms with Crippen LogP contribution in [0.1, 0.15) is 36.7 Å². The van der Waals surface area contributed by atoms with Crippen molar-refractivity contribution in [3.05, 3.63) is 48.0 Å². The lowest BCUT2D eigenvalue weighted by Crippen LogP contribution is -2.46. The number of rotatable bonds is 4. The van der Waals surface area contributed by atoms with E-state index in [1.54, 1.807) is 37.3 Å². The maximum absolute atomic E-state index is 13.3. The first-order valence-corrected chi connectivity index (χ1v) is 11.1. The quantitative estimate of drug-likeness (QED) is 0.756. The number of anilines is 1. The van der Waals surface area contributed by atoms with Crippen molar-refractivity contribution < 1.29 is 19.1 Å². The Morgan fingerprint density at radius 1 is 1.24 bits per heavy atom. The number of carbonyl (C=O) groups excluding carboxylic acids is 2. The fourth-order valence-electron chi connectivity index (χ4n) is 4.00. The van der Waals surface area contributed by atoms with Gasteiger partial charge in [0.25, 0.3) is 5.91 Å². The monoisotopic (exact) mass is 455 g/mol. The molecule has 2 amide bonds. The lowest BCUT2D eigenvalue weighted by Gasteiger charge is -2.36. The van der Waals surface area contributed by atoms with E-state index in [2.05, 4.69) is 34.0 Å². The number of hydrogen-bond acceptors (Lipinski definition) is 7. The highest BCUT2D eigenvalue weighted by Gasteiger charge is 2.28. The van der Waals surface area contributed by atoms with E-state index >= 15 is 0 Å². The number of ether oxygens (including phenoxy) is 2. The molecule has 1 aromatic heterocycles. The molecule has 2 aromatic rings. The van der Waals surface area contributed by atoms with Gasteiger partial charge in [0, 0.05) is 70.4 Å². The van der Waals surface area contributed by atoms with Crippen LogP contribution in [0.3, 0.4) is 0 Å². The van der Waals surface area contributed by atoms with Crippen molar-refractivity contribution in [3.63, 3.8) is 0 Å². The van der Waals surface area contributed by atoms with Crippen LogP contribution in [0.25, 0.3) is 0 Å². The van der Waals surface area contributed by atoms with Crippen LogP contribution < -0.4 is 10.1 Å². The summed E-state index contributed by atoms with van der Waals surface area (Å²) in [4.78, 5) is 37.1. The summed E-state index contributed by atoms with van der Waals surface area (Å²) in [6, 6.07) is 5.19. The highest BCUT2D eigenvalue weighted by Crippen LogP contribution is 2.26. The minimum Gasteiger partial charge on any atom is -0.491 e. The molecule has 9 nitrogen and oxygen atoms in total. The van der Waals surface area contributed by atoms with Gasteiger partial charge in [0.2, 0.25) is 5.91 Å². The van der Waals surface area contributed by atoms with Gasteiger partial charge in [-0.25, -0.2) is 9.97 Å². The minimum absolute atomic E-state index is 0.0558. The molecule has 1 aliphatic rings. The van der Waals surface area contributed by atoms with Gasteiger partial charge in [-0.2, -0.15) is 0 Å². The number of amides is 2. The molecule has 1 N–H and O–H groups in total. The van der Waals surface area contributed by atoms with E-state index in [0.29, 0.717) is 36.7 Å². The number of fused-ring (bicyclic) bond motifs is 1. The second kappa shape index (κ2) is 11.2. The smallest absolute Gasteiger partial charge is 0.257 e. The average molecular weight is 456 g/mol. The topological polar surface area (TPSA) is 96.9 Å². The Morgan fingerprint density at radius 2 is 1.97 bits per heavy atom. The summed E-state index contributed by atoms with van der Waals surface area (Å²) in [5.74, 6) is 0.255. The van der Waals surface area contributed by atoms with Crippen molar-refractivity contribution in [2.75, 3.05) is 39.2 Å². The van der Waals surface area contributed by atoms with Gasteiger partial charge in [-0.15, -0.1) is 0 Å². The molecule has 3 rings (SSSR count). The predicted octanol–water partition coefficient (Wildman–Crippen LogP) is 2.44. The van der Waals surface area contributed by atoms with Crippen molar-refractivity contribution in [3.8, 4) is 5.75 Å². The Bertz CT molecular complexity index is 955. The Balaban J connectivity index is 1.94. The lowest BCUT2D eigenvalue weighted by molar-refractivity contribution is -0.114. The van der Waals surface area contributed by atoms with Crippen LogP contribution in [-0.4, -0.2) is 77.6 Å². The number of aromatic nitrogens is 2. The summed E-state index contributed by atoms with van der Waals surface area (Å²) in [5, 5.41) is 2.74. The summed E-state index contributed by atoms with van der Waals surface area (Å²) in [6.07, 6.45) is 5.01. The zero-order valence-corrected chi connectivity index (χ0v) is 19.9. The minimum atomic E-state index is -0.202. The van der Waals surface area contributed by atoms with E-state index in [4.69, 9.17) is 9.47 Å². The molecule has 0 bridgehead atoms. The summed E-state index contributed by atoms with van der Waals surface area (Å²) in [6.45, 7) is 7.91. The molecule has 0 unspecified atom stereocenters. The van der Waals surface area contributed by atoms with Crippen LogP contribution in [-0.2, 0) is 16.1 Å². The largest absolute Gasteiger partial charge is 0.491 e. The molecular weight excluding hydrogens is 422 g/mol. The number of hydrogen-bond donors (Lipinski definition) is 1. The van der Waals surface area contributed by atoms with Crippen molar-refractivity contribution in [2.45, 2.75) is 39.5 Å². The zero-order chi connectivity index (χ0) is 24.0. The Morgan fingerprint density at radius 3 is 2.64 bits per heavy atom. The van der Waals surface area contributed by atoms with Crippen molar-refractivity contribution in [1.82, 2.24) is 19.8 Å². The molecule has 3 atom stereocenters. The van der Waals surface area contributed by atoms with Crippen molar-refractivity contribution >= 4 is 17.5 Å². The fraction of sp³-hybridized carbons (Fsp3) is 0.500. The molecular formula is C24H33N5O4. The first-order valence-electron chi connectivity index (χ1n) is 11.1. The SMILES string of the molecule is CO[C@@H]1CN(C)C(=O)c2cc(NC(C)=O)ccc2OC[C@H](C)N(Cc2cncnc2)C[C@@H]1C. The predicted molar refractivity (Wildman–Crippen MR) is 125 cm³/mol. The standard InChI is InChI=1S/C24H33N5O4/c1-16-11-29(12-19-9-25-15-26-10-19)17(2)14-33-22-7-6-20(27-18(3)30)8-21(22)24(31)28(4)13-23(16)32-5/h6-10,15-17,23H,11-14H2,1-5H3,(H,27,30)/t16-,17-,23+/m0/s1. The number of nitrogens with one attached hydrogen (secondary N) is 1. The molecule has 0 aliphatic carbocycles. The molecule has 0 fully saturated rings. The molecule has 1 aliphatic heterocycles. The highest BCUT2D eigenvalue weighted by atomic mass is 16.5. The number of nitrogens with zero attached hydrogens (tertiary/aromatic N) is 4. The van der Waals surface area contributed by atoms with Gasteiger partial charge >= 0.3 is 0 Å². The maximum atomic E-state index is 13.3. The fourth-order valence-corrected chi connectivity index (χ4v) is 4.00. The second-order valence-corrected chi connectivity index (χ2v) is 8.67. The van der Waals surface area contributed by atoms with Crippen LogP contribution >= 0.6 is 0 Å². The third kappa shape index (κ3) is 6.49. The number of likely N-dealkylation sites (N-methyl/N-ethyl adjacent to an activating group) is 1. The molecule has 178 valence electrons. The summed E-state index contributed by atoms with van der Waals surface area (Å²) in [7, 11) is 3.43. The number of benzene rings is 1. The van der Waals surface area contributed by atoms with Crippen LogP contribution in [0.2, 0.25) is 0 Å². The normalized spacial score (nSPS) is 22.5. The third-order valence-electron chi connectivity index (χ3n) is 5.89. The van der Waals surface area contributed by atoms with E-state index in [-0.39, 0.29) is 29.9 Å². The van der Waals surface area contributed by atoms with Crippen molar-refractivity contribution in [2.24, 2.45) is 5.92 Å². The third-order valence-corrected chi connectivity index (χ3v) is 5.89.